The molecule has 2 atom stereocenters. The molecule has 0 bridgehead atoms. The molecule has 0 aliphatic carbocycles. The average Bonchev–Trinajstić information content (AvgIpc) is 2.10. The fourth-order valence-corrected chi connectivity index (χ4v) is 2.32. The van der Waals surface area contributed by atoms with Gasteiger partial charge in [-0.05, 0) is 14.0 Å². The first-order valence-corrected chi connectivity index (χ1v) is 5.31. The summed E-state index contributed by atoms with van der Waals surface area (Å²) in [6.07, 6.45) is 2.05. The summed E-state index contributed by atoms with van der Waals surface area (Å²) in [6, 6.07) is 0.500. The first-order valence-electron chi connectivity index (χ1n) is 5.31. The van der Waals surface area contributed by atoms with E-state index < -0.39 is 5.97 Å². The van der Waals surface area contributed by atoms with Gasteiger partial charge in [0.25, 0.3) is 0 Å². The van der Waals surface area contributed by atoms with Crippen LogP contribution in [0.25, 0.3) is 0 Å². The molecule has 2 unspecified atom stereocenters. The Kier molecular flexibility index (Phi) is 4.29. The van der Waals surface area contributed by atoms with Crippen molar-refractivity contribution in [3.05, 3.63) is 12.7 Å². The fraction of sp³-hybridized carbons (Fsp3) is 0.727. The second kappa shape index (κ2) is 5.28. The van der Waals surface area contributed by atoms with Crippen LogP contribution >= 0.6 is 0 Å². The van der Waals surface area contributed by atoms with Gasteiger partial charge < -0.3 is 10.0 Å². The number of carbonyl (C=O) groups is 1. The molecule has 86 valence electrons. The largest absolute Gasteiger partial charge is 0.481 e. The second-order valence-electron chi connectivity index (χ2n) is 4.31. The number of nitrogens with zero attached hydrogens (tertiary/aromatic N) is 2. The Balaban J connectivity index is 2.67. The smallest absolute Gasteiger partial charge is 0.304 e. The van der Waals surface area contributed by atoms with Crippen molar-refractivity contribution in [2.24, 2.45) is 0 Å². The second-order valence-corrected chi connectivity index (χ2v) is 4.31. The molecule has 1 heterocycles. The summed E-state index contributed by atoms with van der Waals surface area (Å²) in [5.74, 6) is -0.725. The third kappa shape index (κ3) is 3.32. The van der Waals surface area contributed by atoms with Gasteiger partial charge in [0.2, 0.25) is 0 Å². The minimum absolute atomic E-state index is 0.106. The molecule has 1 aliphatic heterocycles. The van der Waals surface area contributed by atoms with Crippen molar-refractivity contribution < 1.29 is 9.90 Å². The number of hydrogen-bond donors (Lipinski definition) is 1. The minimum Gasteiger partial charge on any atom is -0.481 e. The number of aliphatic carboxylic acids is 1. The van der Waals surface area contributed by atoms with Crippen molar-refractivity contribution in [3.8, 4) is 0 Å². The Labute approximate surface area is 91.2 Å². The van der Waals surface area contributed by atoms with E-state index >= 15 is 0 Å². The van der Waals surface area contributed by atoms with Gasteiger partial charge in [0.05, 0.1) is 6.42 Å². The van der Waals surface area contributed by atoms with E-state index in [2.05, 4.69) is 23.3 Å². The van der Waals surface area contributed by atoms with Gasteiger partial charge in [-0.3, -0.25) is 9.69 Å². The lowest BCUT2D eigenvalue weighted by molar-refractivity contribution is -0.139. The van der Waals surface area contributed by atoms with Crippen molar-refractivity contribution in [1.82, 2.24) is 9.80 Å². The summed E-state index contributed by atoms with van der Waals surface area (Å²) < 4.78 is 0. The standard InChI is InChI=1S/C11H20N2O2/c1-4-5-13-9(2)7-12(3)8-10(13)6-11(14)15/h4,9-10H,1,5-8H2,2-3H3,(H,14,15). The van der Waals surface area contributed by atoms with Gasteiger partial charge in [0.15, 0.2) is 0 Å². The molecule has 1 rings (SSSR count). The molecule has 0 saturated carbocycles. The molecule has 15 heavy (non-hydrogen) atoms. The SMILES string of the molecule is C=CCN1C(C)CN(C)CC1CC(=O)O. The summed E-state index contributed by atoms with van der Waals surface area (Å²) in [7, 11) is 2.04. The van der Waals surface area contributed by atoms with Crippen LogP contribution in [-0.4, -0.2) is 59.6 Å². The maximum Gasteiger partial charge on any atom is 0.304 e. The zero-order valence-electron chi connectivity index (χ0n) is 9.52. The van der Waals surface area contributed by atoms with E-state index in [1.54, 1.807) is 0 Å². The van der Waals surface area contributed by atoms with Crippen LogP contribution in [0.5, 0.6) is 0 Å². The highest BCUT2D eigenvalue weighted by atomic mass is 16.4. The number of carboxylic acid groups (broad SMARTS) is 1. The molecular formula is C11H20N2O2. The van der Waals surface area contributed by atoms with Gasteiger partial charge in [-0.1, -0.05) is 6.08 Å². The Hall–Kier alpha value is -0.870. The highest BCUT2D eigenvalue weighted by molar-refractivity contribution is 5.67. The maximum absolute atomic E-state index is 10.8. The molecule has 1 aliphatic rings. The quantitative estimate of drug-likeness (QED) is 0.695. The summed E-state index contributed by atoms with van der Waals surface area (Å²) in [5.41, 5.74) is 0. The third-order valence-electron chi connectivity index (χ3n) is 2.88. The van der Waals surface area contributed by atoms with Crippen LogP contribution < -0.4 is 0 Å². The van der Waals surface area contributed by atoms with Crippen molar-refractivity contribution in [3.63, 3.8) is 0 Å². The van der Waals surface area contributed by atoms with Crippen LogP contribution in [-0.2, 0) is 4.79 Å². The molecular weight excluding hydrogens is 192 g/mol. The highest BCUT2D eigenvalue weighted by Crippen LogP contribution is 2.17. The average molecular weight is 212 g/mol. The first-order chi connectivity index (χ1) is 7.04. The van der Waals surface area contributed by atoms with Crippen LogP contribution in [0.2, 0.25) is 0 Å². The molecule has 0 radical (unpaired) electrons. The summed E-state index contributed by atoms with van der Waals surface area (Å²) in [5, 5.41) is 8.85. The van der Waals surface area contributed by atoms with Gasteiger partial charge >= 0.3 is 5.97 Å². The van der Waals surface area contributed by atoms with Crippen LogP contribution in [0, 0.1) is 0 Å². The zero-order valence-corrected chi connectivity index (χ0v) is 9.52. The zero-order chi connectivity index (χ0) is 11.4. The van der Waals surface area contributed by atoms with Gasteiger partial charge in [-0.25, -0.2) is 0 Å². The Morgan fingerprint density at radius 2 is 2.27 bits per heavy atom. The summed E-state index contributed by atoms with van der Waals surface area (Å²) in [4.78, 5) is 15.2. The summed E-state index contributed by atoms with van der Waals surface area (Å²) >= 11 is 0. The predicted molar refractivity (Wildman–Crippen MR) is 59.9 cm³/mol. The minimum atomic E-state index is -0.725. The van der Waals surface area contributed by atoms with Gasteiger partial charge in [0, 0.05) is 31.7 Å². The molecule has 0 aromatic carbocycles. The molecule has 1 saturated heterocycles. The number of likely N-dealkylation sites (N-methyl/N-ethyl adjacent to an activating group) is 1. The lowest BCUT2D eigenvalue weighted by Crippen LogP contribution is -2.57. The Bertz CT molecular complexity index is 243. The van der Waals surface area contributed by atoms with Crippen LogP contribution in [0.4, 0.5) is 0 Å². The molecule has 0 spiro atoms. The van der Waals surface area contributed by atoms with Crippen molar-refractivity contribution >= 4 is 5.97 Å². The monoisotopic (exact) mass is 212 g/mol. The molecule has 1 N–H and O–H groups in total. The molecule has 0 aromatic heterocycles. The Morgan fingerprint density at radius 3 is 2.80 bits per heavy atom. The van der Waals surface area contributed by atoms with E-state index in [4.69, 9.17) is 5.11 Å². The molecule has 4 heteroatoms. The van der Waals surface area contributed by atoms with E-state index in [0.717, 1.165) is 19.6 Å². The third-order valence-corrected chi connectivity index (χ3v) is 2.88. The normalized spacial score (nSPS) is 28.9. The van der Waals surface area contributed by atoms with E-state index in [1.807, 2.05) is 13.1 Å². The van der Waals surface area contributed by atoms with E-state index in [-0.39, 0.29) is 12.5 Å². The first kappa shape index (κ1) is 12.2. The number of rotatable bonds is 4. The number of hydrogen-bond acceptors (Lipinski definition) is 3. The van der Waals surface area contributed by atoms with E-state index in [1.165, 1.54) is 0 Å². The number of carboxylic acids is 1. The molecule has 4 nitrogen and oxygen atoms in total. The molecule has 0 amide bonds. The highest BCUT2D eigenvalue weighted by Gasteiger charge is 2.30. The topological polar surface area (TPSA) is 43.8 Å². The lowest BCUT2D eigenvalue weighted by atomic mass is 10.0. The summed E-state index contributed by atoms with van der Waals surface area (Å²) in [6.45, 7) is 8.44. The van der Waals surface area contributed by atoms with Gasteiger partial charge in [0.1, 0.15) is 0 Å². The maximum atomic E-state index is 10.8. The molecule has 1 fully saturated rings. The van der Waals surface area contributed by atoms with Crippen molar-refractivity contribution in [2.75, 3.05) is 26.7 Å². The lowest BCUT2D eigenvalue weighted by Gasteiger charge is -2.43. The van der Waals surface area contributed by atoms with E-state index in [0.29, 0.717) is 6.04 Å². The van der Waals surface area contributed by atoms with Crippen LogP contribution in [0.1, 0.15) is 13.3 Å². The van der Waals surface area contributed by atoms with Gasteiger partial charge in [-0.2, -0.15) is 0 Å². The van der Waals surface area contributed by atoms with Crippen LogP contribution in [0.3, 0.4) is 0 Å². The van der Waals surface area contributed by atoms with Gasteiger partial charge in [-0.15, -0.1) is 6.58 Å². The predicted octanol–water partition coefficient (Wildman–Crippen LogP) is 0.652. The van der Waals surface area contributed by atoms with Crippen molar-refractivity contribution in [1.29, 1.82) is 0 Å². The van der Waals surface area contributed by atoms with Crippen LogP contribution in [0.15, 0.2) is 12.7 Å². The Morgan fingerprint density at radius 1 is 1.60 bits per heavy atom. The van der Waals surface area contributed by atoms with Crippen molar-refractivity contribution in [2.45, 2.75) is 25.4 Å². The molecule has 0 aromatic rings. The van der Waals surface area contributed by atoms with E-state index in [9.17, 15) is 4.79 Å². The number of piperazine rings is 1. The fourth-order valence-electron chi connectivity index (χ4n) is 2.32.